The Kier molecular flexibility index (Phi) is 4.87. The van der Waals surface area contributed by atoms with Crippen molar-refractivity contribution < 1.29 is 9.35 Å². The van der Waals surface area contributed by atoms with Gasteiger partial charge in [-0.2, -0.15) is 0 Å². The Hall–Kier alpha value is -3.34. The first-order valence-electron chi connectivity index (χ1n) is 9.79. The van der Waals surface area contributed by atoms with Gasteiger partial charge < -0.3 is 9.45 Å². The largest absolute Gasteiger partial charge is 0.606 e. The van der Waals surface area contributed by atoms with E-state index in [0.29, 0.717) is 5.56 Å². The normalized spacial score (nSPS) is 14.0. The van der Waals surface area contributed by atoms with Gasteiger partial charge in [0, 0.05) is 16.7 Å². The average molecular weight is 410 g/mol. The topological polar surface area (TPSA) is 43.4 Å². The molecule has 0 saturated carbocycles. The van der Waals surface area contributed by atoms with Crippen molar-refractivity contribution in [2.24, 2.45) is 0 Å². The fourth-order valence-corrected chi connectivity index (χ4v) is 5.32. The summed E-state index contributed by atoms with van der Waals surface area (Å²) in [5.74, 6) is -0.000844. The molecule has 0 spiro atoms. The lowest BCUT2D eigenvalue weighted by Gasteiger charge is -2.37. The van der Waals surface area contributed by atoms with E-state index in [1.807, 2.05) is 114 Å². The van der Waals surface area contributed by atoms with Crippen LogP contribution in [0.2, 0.25) is 0 Å². The monoisotopic (exact) mass is 409 g/mol. The van der Waals surface area contributed by atoms with Crippen molar-refractivity contribution >= 4 is 28.3 Å². The lowest BCUT2D eigenvalue weighted by atomic mass is 9.94. The summed E-state index contributed by atoms with van der Waals surface area (Å²) in [4.78, 5) is 17.3. The molecule has 1 unspecified atom stereocenters. The van der Waals surface area contributed by atoms with Gasteiger partial charge in [0.1, 0.15) is 6.04 Å². The second kappa shape index (κ2) is 7.82. The van der Waals surface area contributed by atoms with Gasteiger partial charge in [0.25, 0.3) is 0 Å². The number of hydrogen-bond acceptors (Lipinski definition) is 3. The number of anilines is 2. The molecule has 3 nitrogen and oxygen atoms in total. The molecule has 30 heavy (non-hydrogen) atoms. The number of nitrogens with zero attached hydrogens (tertiary/aromatic N) is 1. The quantitative estimate of drug-likeness (QED) is 0.310. The molecular formula is C26H19NO2S. The molecule has 0 radical (unpaired) electrons. The molecular weight excluding hydrogens is 390 g/mol. The van der Waals surface area contributed by atoms with E-state index >= 15 is 0 Å². The Morgan fingerprint density at radius 3 is 1.70 bits per heavy atom. The zero-order chi connectivity index (χ0) is 20.5. The number of hydrogen-bond donors (Lipinski definition) is 0. The minimum Gasteiger partial charge on any atom is -0.606 e. The van der Waals surface area contributed by atoms with Crippen molar-refractivity contribution in [3.8, 4) is 0 Å². The predicted octanol–water partition coefficient (Wildman–Crippen LogP) is 5.93. The second-order valence-corrected chi connectivity index (χ2v) is 8.53. The number of rotatable bonds is 4. The molecule has 4 aromatic carbocycles. The van der Waals surface area contributed by atoms with Gasteiger partial charge in [-0.3, -0.25) is 4.79 Å². The fourth-order valence-electron chi connectivity index (χ4n) is 3.97. The van der Waals surface area contributed by atoms with Crippen LogP contribution in [0.4, 0.5) is 11.4 Å². The third-order valence-corrected chi connectivity index (χ3v) is 6.82. The SMILES string of the molecule is O=C(c1ccccc1)C(c1ccccc1)N1c2ccccc2[S+]([O-])c2ccccc21. The summed E-state index contributed by atoms with van der Waals surface area (Å²) in [5.41, 5.74) is 3.14. The van der Waals surface area contributed by atoms with Crippen molar-refractivity contribution in [2.75, 3.05) is 4.90 Å². The second-order valence-electron chi connectivity index (χ2n) is 7.12. The lowest BCUT2D eigenvalue weighted by molar-refractivity contribution is 0.0961. The highest BCUT2D eigenvalue weighted by Crippen LogP contribution is 2.48. The maximum atomic E-state index is 13.8. The average Bonchev–Trinajstić information content (AvgIpc) is 2.82. The molecule has 0 aromatic heterocycles. The zero-order valence-corrected chi connectivity index (χ0v) is 17.0. The van der Waals surface area contributed by atoms with Gasteiger partial charge in [-0.25, -0.2) is 0 Å². The van der Waals surface area contributed by atoms with Gasteiger partial charge in [-0.05, 0) is 29.8 Å². The molecule has 0 bridgehead atoms. The highest BCUT2D eigenvalue weighted by molar-refractivity contribution is 7.92. The van der Waals surface area contributed by atoms with E-state index in [2.05, 4.69) is 0 Å². The smallest absolute Gasteiger partial charge is 0.190 e. The number of carbonyl (C=O) groups is 1. The minimum atomic E-state index is -1.29. The Morgan fingerprint density at radius 1 is 0.667 bits per heavy atom. The highest BCUT2D eigenvalue weighted by Gasteiger charge is 2.40. The Bertz CT molecular complexity index is 1150. The van der Waals surface area contributed by atoms with Crippen LogP contribution in [-0.2, 0) is 11.2 Å². The summed E-state index contributed by atoms with van der Waals surface area (Å²) >= 11 is -1.29. The molecule has 0 N–H and O–H groups in total. The van der Waals surface area contributed by atoms with E-state index in [-0.39, 0.29) is 5.78 Å². The Balaban J connectivity index is 1.76. The van der Waals surface area contributed by atoms with Gasteiger partial charge in [-0.1, -0.05) is 84.9 Å². The number of Topliss-reactive ketones (excluding diaryl/α,β-unsaturated/α-hetero) is 1. The molecule has 0 amide bonds. The van der Waals surface area contributed by atoms with E-state index in [1.165, 1.54) is 0 Å². The van der Waals surface area contributed by atoms with Crippen LogP contribution in [0.25, 0.3) is 0 Å². The molecule has 146 valence electrons. The van der Waals surface area contributed by atoms with Gasteiger partial charge in [0.2, 0.25) is 0 Å². The summed E-state index contributed by atoms with van der Waals surface area (Å²) in [6.07, 6.45) is 0. The summed E-state index contributed by atoms with van der Waals surface area (Å²) in [6.45, 7) is 0. The highest BCUT2D eigenvalue weighted by atomic mass is 32.2. The van der Waals surface area contributed by atoms with Crippen LogP contribution in [0.3, 0.4) is 0 Å². The standard InChI is InChI=1S/C26H19NO2S/c28-26(20-13-5-2-6-14-20)25(19-11-3-1-4-12-19)27-21-15-7-9-17-23(21)30(29)24-18-10-8-16-22(24)27/h1-18,25H. The van der Waals surface area contributed by atoms with Crippen molar-refractivity contribution in [2.45, 2.75) is 15.8 Å². The van der Waals surface area contributed by atoms with Crippen LogP contribution in [0.1, 0.15) is 22.0 Å². The first-order valence-corrected chi connectivity index (χ1v) is 10.9. The summed E-state index contributed by atoms with van der Waals surface area (Å²) in [5, 5.41) is 0. The summed E-state index contributed by atoms with van der Waals surface area (Å²) in [6, 6.07) is 33.8. The van der Waals surface area contributed by atoms with E-state index < -0.39 is 17.2 Å². The number of ketones is 1. The van der Waals surface area contributed by atoms with Gasteiger partial charge >= 0.3 is 0 Å². The van der Waals surface area contributed by atoms with E-state index in [0.717, 1.165) is 26.7 Å². The summed E-state index contributed by atoms with van der Waals surface area (Å²) in [7, 11) is 0. The molecule has 1 aliphatic heterocycles. The fraction of sp³-hybridized carbons (Fsp3) is 0.0385. The Morgan fingerprint density at radius 2 is 1.13 bits per heavy atom. The first-order chi connectivity index (χ1) is 14.8. The third kappa shape index (κ3) is 3.11. The van der Waals surface area contributed by atoms with E-state index in [9.17, 15) is 9.35 Å². The number of fused-ring (bicyclic) bond motifs is 2. The molecule has 1 aliphatic rings. The van der Waals surface area contributed by atoms with Gasteiger partial charge in [-0.15, -0.1) is 0 Å². The maximum Gasteiger partial charge on any atom is 0.190 e. The van der Waals surface area contributed by atoms with Crippen LogP contribution in [0.15, 0.2) is 119 Å². The number of benzene rings is 4. The van der Waals surface area contributed by atoms with Crippen LogP contribution < -0.4 is 4.90 Å². The lowest BCUT2D eigenvalue weighted by Crippen LogP contribution is -2.34. The predicted molar refractivity (Wildman–Crippen MR) is 120 cm³/mol. The molecule has 4 heteroatoms. The van der Waals surface area contributed by atoms with Gasteiger partial charge in [0.15, 0.2) is 15.6 Å². The molecule has 4 aromatic rings. The molecule has 0 fully saturated rings. The molecule has 0 saturated heterocycles. The molecule has 0 aliphatic carbocycles. The van der Waals surface area contributed by atoms with Crippen LogP contribution >= 0.6 is 0 Å². The van der Waals surface area contributed by atoms with Crippen molar-refractivity contribution in [1.82, 2.24) is 0 Å². The molecule has 5 rings (SSSR count). The minimum absolute atomic E-state index is 0.000844. The van der Waals surface area contributed by atoms with Crippen molar-refractivity contribution in [3.05, 3.63) is 120 Å². The van der Waals surface area contributed by atoms with Crippen LogP contribution in [-0.4, -0.2) is 10.3 Å². The van der Waals surface area contributed by atoms with Crippen LogP contribution in [0.5, 0.6) is 0 Å². The summed E-state index contributed by atoms with van der Waals surface area (Å²) < 4.78 is 13.3. The van der Waals surface area contributed by atoms with E-state index in [4.69, 9.17) is 0 Å². The van der Waals surface area contributed by atoms with Crippen molar-refractivity contribution in [3.63, 3.8) is 0 Å². The maximum absolute atomic E-state index is 13.8. The zero-order valence-electron chi connectivity index (χ0n) is 16.1. The van der Waals surface area contributed by atoms with Gasteiger partial charge in [0.05, 0.1) is 11.4 Å². The Labute approximate surface area is 178 Å². The van der Waals surface area contributed by atoms with Crippen molar-refractivity contribution in [1.29, 1.82) is 0 Å². The van der Waals surface area contributed by atoms with E-state index in [1.54, 1.807) is 0 Å². The molecule has 1 heterocycles. The molecule has 1 atom stereocenters. The number of para-hydroxylation sites is 2. The van der Waals surface area contributed by atoms with Crippen LogP contribution in [0, 0.1) is 0 Å². The first kappa shape index (κ1) is 18.7. The third-order valence-electron chi connectivity index (χ3n) is 5.33. The number of carbonyl (C=O) groups excluding carboxylic acids is 1.